The molecule has 0 aliphatic carbocycles. The Morgan fingerprint density at radius 1 is 1.19 bits per heavy atom. The number of aryl methyl sites for hydroxylation is 1. The number of primary sulfonamides is 1. The molecular weight excluding hydrogens is 364 g/mol. The average molecular weight is 391 g/mol. The summed E-state index contributed by atoms with van der Waals surface area (Å²) < 4.78 is 28.8. The normalized spacial score (nSPS) is 13.1. The lowest BCUT2D eigenvalue weighted by Gasteiger charge is -2.19. The zero-order chi connectivity index (χ0) is 19.9. The maximum Gasteiger partial charge on any atom is 0.238 e. The Hall–Kier alpha value is -2.58. The van der Waals surface area contributed by atoms with Crippen LogP contribution in [-0.4, -0.2) is 34.1 Å². The van der Waals surface area contributed by atoms with E-state index < -0.39 is 10.0 Å². The first kappa shape index (κ1) is 20.7. The molecule has 0 aromatic heterocycles. The van der Waals surface area contributed by atoms with Crippen LogP contribution in [0, 0.1) is 6.92 Å². The summed E-state index contributed by atoms with van der Waals surface area (Å²) in [6.45, 7) is 4.95. The van der Waals surface area contributed by atoms with Crippen molar-refractivity contribution in [3.63, 3.8) is 0 Å². The number of para-hydroxylation sites is 1. The molecule has 0 fully saturated rings. The van der Waals surface area contributed by atoms with Gasteiger partial charge in [0.25, 0.3) is 0 Å². The van der Waals surface area contributed by atoms with Gasteiger partial charge in [-0.15, -0.1) is 0 Å². The Morgan fingerprint density at radius 3 is 2.59 bits per heavy atom. The van der Waals surface area contributed by atoms with Gasteiger partial charge in [0.05, 0.1) is 11.4 Å². The number of nitrogens with two attached hydrogens (primary N) is 1. The van der Waals surface area contributed by atoms with Gasteiger partial charge in [-0.2, -0.15) is 0 Å². The van der Waals surface area contributed by atoms with Gasteiger partial charge in [-0.05, 0) is 43.2 Å². The summed E-state index contributed by atoms with van der Waals surface area (Å²) in [4.78, 5) is 4.25. The van der Waals surface area contributed by atoms with Gasteiger partial charge < -0.3 is 15.4 Å². The number of guanidine groups is 1. The lowest BCUT2D eigenvalue weighted by Crippen LogP contribution is -2.41. The number of nitrogens with zero attached hydrogens (tertiary/aromatic N) is 1. The molecule has 27 heavy (non-hydrogen) atoms. The monoisotopic (exact) mass is 390 g/mol. The maximum atomic E-state index is 11.4. The molecule has 8 heteroatoms. The van der Waals surface area contributed by atoms with E-state index in [2.05, 4.69) is 15.6 Å². The summed E-state index contributed by atoms with van der Waals surface area (Å²) in [5, 5.41) is 11.5. The fourth-order valence-corrected chi connectivity index (χ4v) is 3.01. The van der Waals surface area contributed by atoms with Crippen LogP contribution in [0.15, 0.2) is 58.4 Å². The third-order valence-corrected chi connectivity index (χ3v) is 4.80. The molecule has 0 bridgehead atoms. The second kappa shape index (κ2) is 9.38. The van der Waals surface area contributed by atoms with Gasteiger partial charge in [-0.25, -0.2) is 13.6 Å². The van der Waals surface area contributed by atoms with Crippen LogP contribution in [0.4, 0.5) is 0 Å². The van der Waals surface area contributed by atoms with Crippen molar-refractivity contribution in [2.75, 3.05) is 13.6 Å². The number of hydrogen-bond acceptors (Lipinski definition) is 4. The van der Waals surface area contributed by atoms with Crippen LogP contribution >= 0.6 is 0 Å². The van der Waals surface area contributed by atoms with E-state index in [1.54, 1.807) is 19.2 Å². The van der Waals surface area contributed by atoms with Crippen molar-refractivity contribution in [2.45, 2.75) is 31.4 Å². The SMILES string of the molecule is CN=C(NCc1cccc(S(N)(=O)=O)c1)NCC(C)Oc1ccccc1C. The van der Waals surface area contributed by atoms with E-state index >= 15 is 0 Å². The van der Waals surface area contributed by atoms with Gasteiger partial charge >= 0.3 is 0 Å². The molecule has 2 aromatic carbocycles. The Morgan fingerprint density at radius 2 is 1.93 bits per heavy atom. The molecule has 0 spiro atoms. The molecule has 0 aliphatic rings. The first-order chi connectivity index (χ1) is 12.8. The van der Waals surface area contributed by atoms with E-state index in [9.17, 15) is 8.42 Å². The fraction of sp³-hybridized carbons (Fsp3) is 0.316. The van der Waals surface area contributed by atoms with E-state index in [4.69, 9.17) is 9.88 Å². The third-order valence-electron chi connectivity index (χ3n) is 3.89. The quantitative estimate of drug-likeness (QED) is 0.494. The predicted molar refractivity (Wildman–Crippen MR) is 107 cm³/mol. The van der Waals surface area contributed by atoms with Gasteiger partial charge in [0.2, 0.25) is 10.0 Å². The molecule has 0 saturated heterocycles. The molecule has 2 rings (SSSR count). The maximum absolute atomic E-state index is 11.4. The minimum atomic E-state index is -3.71. The van der Waals surface area contributed by atoms with Crippen LogP contribution in [0.25, 0.3) is 0 Å². The standard InChI is InChI=1S/C19H26N4O3S/c1-14-7-4-5-10-18(14)26-15(2)12-22-19(21-3)23-13-16-8-6-9-17(11-16)27(20,24)25/h4-11,15H,12-13H2,1-3H3,(H2,20,24,25)(H2,21,22,23). The Labute approximate surface area is 160 Å². The van der Waals surface area contributed by atoms with Gasteiger partial charge in [0, 0.05) is 13.6 Å². The van der Waals surface area contributed by atoms with Crippen molar-refractivity contribution in [3.8, 4) is 5.75 Å². The molecule has 0 saturated carbocycles. The van der Waals surface area contributed by atoms with Gasteiger partial charge in [-0.3, -0.25) is 4.99 Å². The molecule has 7 nitrogen and oxygen atoms in total. The zero-order valence-electron chi connectivity index (χ0n) is 15.8. The largest absolute Gasteiger partial charge is 0.489 e. The molecular formula is C19H26N4O3S. The number of rotatable bonds is 7. The number of sulfonamides is 1. The first-order valence-electron chi connectivity index (χ1n) is 8.58. The Bertz CT molecular complexity index is 897. The van der Waals surface area contributed by atoms with Crippen LogP contribution in [0.2, 0.25) is 0 Å². The number of nitrogens with one attached hydrogen (secondary N) is 2. The molecule has 2 aromatic rings. The second-order valence-electron chi connectivity index (χ2n) is 6.19. The van der Waals surface area contributed by atoms with Crippen molar-refractivity contribution >= 4 is 16.0 Å². The first-order valence-corrected chi connectivity index (χ1v) is 10.1. The number of hydrogen-bond donors (Lipinski definition) is 3. The van der Waals surface area contributed by atoms with E-state index in [0.29, 0.717) is 19.0 Å². The second-order valence-corrected chi connectivity index (χ2v) is 7.75. The fourth-order valence-electron chi connectivity index (χ4n) is 2.43. The molecule has 1 atom stereocenters. The molecule has 4 N–H and O–H groups in total. The average Bonchev–Trinajstić information content (AvgIpc) is 2.63. The highest BCUT2D eigenvalue weighted by atomic mass is 32.2. The molecule has 0 amide bonds. The van der Waals surface area contributed by atoms with E-state index in [1.807, 2.05) is 44.2 Å². The minimum absolute atomic E-state index is 0.0599. The topological polar surface area (TPSA) is 106 Å². The number of ether oxygens (including phenoxy) is 1. The summed E-state index contributed by atoms with van der Waals surface area (Å²) in [6.07, 6.45) is -0.0599. The highest BCUT2D eigenvalue weighted by Crippen LogP contribution is 2.17. The summed E-state index contributed by atoms with van der Waals surface area (Å²) in [7, 11) is -2.04. The van der Waals surface area contributed by atoms with Crippen LogP contribution in [0.1, 0.15) is 18.1 Å². The van der Waals surface area contributed by atoms with Crippen molar-refractivity contribution in [2.24, 2.45) is 10.1 Å². The van der Waals surface area contributed by atoms with E-state index in [1.165, 1.54) is 6.07 Å². The summed E-state index contributed by atoms with van der Waals surface area (Å²) >= 11 is 0. The summed E-state index contributed by atoms with van der Waals surface area (Å²) in [5.74, 6) is 1.45. The number of benzene rings is 2. The highest BCUT2D eigenvalue weighted by Gasteiger charge is 2.09. The summed E-state index contributed by atoms with van der Waals surface area (Å²) in [5.41, 5.74) is 1.87. The van der Waals surface area contributed by atoms with Crippen molar-refractivity contribution in [3.05, 3.63) is 59.7 Å². The van der Waals surface area contributed by atoms with Crippen LogP contribution in [0.5, 0.6) is 5.75 Å². The van der Waals surface area contributed by atoms with Crippen molar-refractivity contribution in [1.29, 1.82) is 0 Å². The molecule has 0 heterocycles. The van der Waals surface area contributed by atoms with E-state index in [-0.39, 0.29) is 11.0 Å². The van der Waals surface area contributed by atoms with Crippen LogP contribution in [0.3, 0.4) is 0 Å². The summed E-state index contributed by atoms with van der Waals surface area (Å²) in [6, 6.07) is 14.4. The predicted octanol–water partition coefficient (Wildman–Crippen LogP) is 1.77. The zero-order valence-corrected chi connectivity index (χ0v) is 16.6. The lowest BCUT2D eigenvalue weighted by atomic mass is 10.2. The Balaban J connectivity index is 1.87. The molecule has 146 valence electrons. The van der Waals surface area contributed by atoms with Crippen molar-refractivity contribution < 1.29 is 13.2 Å². The smallest absolute Gasteiger partial charge is 0.238 e. The van der Waals surface area contributed by atoms with Crippen LogP contribution < -0.4 is 20.5 Å². The molecule has 1 unspecified atom stereocenters. The molecule has 0 radical (unpaired) electrons. The van der Waals surface area contributed by atoms with Crippen LogP contribution in [-0.2, 0) is 16.6 Å². The van der Waals surface area contributed by atoms with E-state index in [0.717, 1.165) is 16.9 Å². The number of aliphatic imine (C=N–C) groups is 1. The van der Waals surface area contributed by atoms with Gasteiger partial charge in [0.1, 0.15) is 11.9 Å². The highest BCUT2D eigenvalue weighted by molar-refractivity contribution is 7.89. The Kier molecular flexibility index (Phi) is 7.20. The lowest BCUT2D eigenvalue weighted by molar-refractivity contribution is 0.222. The third kappa shape index (κ3) is 6.58. The minimum Gasteiger partial charge on any atom is -0.489 e. The van der Waals surface area contributed by atoms with Gasteiger partial charge in [-0.1, -0.05) is 30.3 Å². The van der Waals surface area contributed by atoms with Gasteiger partial charge in [0.15, 0.2) is 5.96 Å². The molecule has 0 aliphatic heterocycles. The van der Waals surface area contributed by atoms with Crippen molar-refractivity contribution in [1.82, 2.24) is 10.6 Å².